The minimum Gasteiger partial charge on any atom is -0.184 e. The van der Waals surface area contributed by atoms with Crippen molar-refractivity contribution < 1.29 is 0 Å². The van der Waals surface area contributed by atoms with Crippen LogP contribution in [0.15, 0.2) is 21.5 Å². The molecule has 3 aliphatic rings. The lowest BCUT2D eigenvalue weighted by atomic mass is 9.98. The summed E-state index contributed by atoms with van der Waals surface area (Å²) in [6.45, 7) is 0.909. The monoisotopic (exact) mass is 162 g/mol. The second-order valence-corrected chi connectivity index (χ2v) is 4.28. The summed E-state index contributed by atoms with van der Waals surface area (Å²) in [4.78, 5) is 0. The highest BCUT2D eigenvalue weighted by Gasteiger charge is 2.37. The van der Waals surface area contributed by atoms with Gasteiger partial charge in [0, 0.05) is 0 Å². The Morgan fingerprint density at radius 3 is 2.83 bits per heavy atom. The fourth-order valence-electron chi connectivity index (χ4n) is 2.52. The zero-order valence-electron chi connectivity index (χ0n) is 7.29. The van der Waals surface area contributed by atoms with E-state index in [2.05, 4.69) is 10.2 Å². The van der Waals surface area contributed by atoms with Gasteiger partial charge in [0.25, 0.3) is 0 Å². The van der Waals surface area contributed by atoms with Gasteiger partial charge in [0.15, 0.2) is 0 Å². The molecular formula is C10H14N2. The predicted molar refractivity (Wildman–Crippen MR) is 46.8 cm³/mol. The average molecular weight is 162 g/mol. The molecule has 0 N–H and O–H groups in total. The quantitative estimate of drug-likeness (QED) is 0.523. The molecule has 0 spiro atoms. The first kappa shape index (κ1) is 6.81. The van der Waals surface area contributed by atoms with Crippen LogP contribution >= 0.6 is 0 Å². The van der Waals surface area contributed by atoms with Crippen molar-refractivity contribution >= 4 is 0 Å². The van der Waals surface area contributed by atoms with E-state index in [1.54, 1.807) is 5.57 Å². The molecule has 1 aliphatic heterocycles. The summed E-state index contributed by atoms with van der Waals surface area (Å²) < 4.78 is 0. The minimum atomic E-state index is 0.909. The predicted octanol–water partition coefficient (Wildman–Crippen LogP) is 2.92. The molecule has 1 heterocycles. The van der Waals surface area contributed by atoms with Crippen molar-refractivity contribution in [2.45, 2.75) is 32.1 Å². The second kappa shape index (κ2) is 2.41. The van der Waals surface area contributed by atoms with Gasteiger partial charge in [0.05, 0.1) is 12.2 Å². The Balaban J connectivity index is 1.80. The fraction of sp³-hybridized carbons (Fsp3) is 0.800. The maximum Gasteiger partial charge on any atom is 0.0834 e. The van der Waals surface area contributed by atoms with E-state index in [0.29, 0.717) is 0 Å². The SMILES string of the molecule is C1CC2CC2CCC2=C1CN=N2. The number of fused-ring (bicyclic) bond motifs is 1. The third kappa shape index (κ3) is 1.01. The molecule has 2 aliphatic carbocycles. The highest BCUT2D eigenvalue weighted by atomic mass is 15.1. The third-order valence-corrected chi connectivity index (χ3v) is 3.50. The van der Waals surface area contributed by atoms with Crippen molar-refractivity contribution in [3.8, 4) is 0 Å². The Bertz CT molecular complexity index is 265. The lowest BCUT2D eigenvalue weighted by molar-refractivity contribution is 0.583. The Hall–Kier alpha value is -0.660. The molecule has 2 heteroatoms. The number of hydrogen-bond acceptors (Lipinski definition) is 2. The summed E-state index contributed by atoms with van der Waals surface area (Å²) in [7, 11) is 0. The molecule has 0 aromatic heterocycles. The van der Waals surface area contributed by atoms with E-state index in [1.807, 2.05) is 0 Å². The van der Waals surface area contributed by atoms with Gasteiger partial charge in [-0.05, 0) is 49.5 Å². The van der Waals surface area contributed by atoms with Crippen molar-refractivity contribution in [2.24, 2.45) is 22.1 Å². The highest BCUT2D eigenvalue weighted by molar-refractivity contribution is 5.19. The van der Waals surface area contributed by atoms with Gasteiger partial charge in [-0.3, -0.25) is 0 Å². The van der Waals surface area contributed by atoms with Crippen molar-refractivity contribution in [2.75, 3.05) is 6.54 Å². The van der Waals surface area contributed by atoms with E-state index >= 15 is 0 Å². The van der Waals surface area contributed by atoms with Crippen LogP contribution in [-0.4, -0.2) is 6.54 Å². The number of rotatable bonds is 0. The maximum absolute atomic E-state index is 4.22. The lowest BCUT2D eigenvalue weighted by Crippen LogP contribution is -1.96. The van der Waals surface area contributed by atoms with E-state index < -0.39 is 0 Å². The molecule has 2 unspecified atom stereocenters. The smallest absolute Gasteiger partial charge is 0.0834 e. The largest absolute Gasteiger partial charge is 0.184 e. The van der Waals surface area contributed by atoms with E-state index in [1.165, 1.54) is 37.8 Å². The van der Waals surface area contributed by atoms with Gasteiger partial charge in [-0.1, -0.05) is 0 Å². The normalized spacial score (nSPS) is 38.7. The van der Waals surface area contributed by atoms with Crippen molar-refractivity contribution in [3.63, 3.8) is 0 Å². The summed E-state index contributed by atoms with van der Waals surface area (Å²) in [5.41, 5.74) is 2.88. The van der Waals surface area contributed by atoms with E-state index in [4.69, 9.17) is 0 Å². The van der Waals surface area contributed by atoms with Crippen molar-refractivity contribution in [3.05, 3.63) is 11.3 Å². The molecule has 3 rings (SSSR count). The molecule has 1 fully saturated rings. The van der Waals surface area contributed by atoms with Crippen LogP contribution in [0.1, 0.15) is 32.1 Å². The van der Waals surface area contributed by atoms with Gasteiger partial charge in [-0.2, -0.15) is 10.2 Å². The van der Waals surface area contributed by atoms with Gasteiger partial charge in [-0.15, -0.1) is 0 Å². The van der Waals surface area contributed by atoms with Crippen LogP contribution in [0, 0.1) is 11.8 Å². The lowest BCUT2D eigenvalue weighted by Gasteiger charge is -2.08. The van der Waals surface area contributed by atoms with E-state index in [9.17, 15) is 0 Å². The van der Waals surface area contributed by atoms with Crippen LogP contribution in [0.3, 0.4) is 0 Å². The van der Waals surface area contributed by atoms with Crippen LogP contribution in [0.4, 0.5) is 0 Å². The molecular weight excluding hydrogens is 148 g/mol. The molecule has 1 saturated carbocycles. The number of azo groups is 1. The van der Waals surface area contributed by atoms with Crippen LogP contribution < -0.4 is 0 Å². The third-order valence-electron chi connectivity index (χ3n) is 3.50. The molecule has 64 valence electrons. The van der Waals surface area contributed by atoms with E-state index in [-0.39, 0.29) is 0 Å². The number of hydrogen-bond donors (Lipinski definition) is 0. The van der Waals surface area contributed by atoms with Crippen LogP contribution in [0.2, 0.25) is 0 Å². The van der Waals surface area contributed by atoms with Gasteiger partial charge in [0.2, 0.25) is 0 Å². The summed E-state index contributed by atoms with van der Waals surface area (Å²) >= 11 is 0. The molecule has 0 saturated heterocycles. The summed E-state index contributed by atoms with van der Waals surface area (Å²) in [6, 6.07) is 0. The number of nitrogens with zero attached hydrogens (tertiary/aromatic N) is 2. The summed E-state index contributed by atoms with van der Waals surface area (Å²) in [5.74, 6) is 2.12. The van der Waals surface area contributed by atoms with Crippen LogP contribution in [-0.2, 0) is 0 Å². The van der Waals surface area contributed by atoms with Gasteiger partial charge in [0.1, 0.15) is 0 Å². The molecule has 0 amide bonds. The Kier molecular flexibility index (Phi) is 1.37. The Morgan fingerprint density at radius 1 is 1.08 bits per heavy atom. The van der Waals surface area contributed by atoms with Crippen molar-refractivity contribution in [1.82, 2.24) is 0 Å². The fourth-order valence-corrected chi connectivity index (χ4v) is 2.52. The zero-order chi connectivity index (χ0) is 7.97. The van der Waals surface area contributed by atoms with Gasteiger partial charge in [-0.25, -0.2) is 0 Å². The first-order chi connectivity index (χ1) is 5.93. The standard InChI is InChI=1S/C10H14N2/c1-2-9-6-11-12-10(9)4-3-8-5-7(1)8/h7-8H,1-6H2. The molecule has 0 aromatic carbocycles. The first-order valence-electron chi connectivity index (χ1n) is 5.02. The van der Waals surface area contributed by atoms with E-state index in [0.717, 1.165) is 18.4 Å². The molecule has 2 nitrogen and oxygen atoms in total. The average Bonchev–Trinajstić information content (AvgIpc) is 2.63. The Morgan fingerprint density at radius 2 is 1.92 bits per heavy atom. The molecule has 0 aromatic rings. The van der Waals surface area contributed by atoms with Crippen LogP contribution in [0.25, 0.3) is 0 Å². The Labute approximate surface area is 72.8 Å². The molecule has 0 bridgehead atoms. The van der Waals surface area contributed by atoms with Gasteiger partial charge >= 0.3 is 0 Å². The highest BCUT2D eigenvalue weighted by Crippen LogP contribution is 2.48. The molecule has 2 atom stereocenters. The maximum atomic E-state index is 4.22. The minimum absolute atomic E-state index is 0.909. The molecule has 0 radical (unpaired) electrons. The molecule has 12 heavy (non-hydrogen) atoms. The van der Waals surface area contributed by atoms with Gasteiger partial charge < -0.3 is 0 Å². The first-order valence-corrected chi connectivity index (χ1v) is 5.02. The van der Waals surface area contributed by atoms with Crippen LogP contribution in [0.5, 0.6) is 0 Å². The summed E-state index contributed by atoms with van der Waals surface area (Å²) in [5, 5.41) is 8.32. The van der Waals surface area contributed by atoms with Crippen molar-refractivity contribution in [1.29, 1.82) is 0 Å². The second-order valence-electron chi connectivity index (χ2n) is 4.28. The summed E-state index contributed by atoms with van der Waals surface area (Å²) in [6.07, 6.45) is 6.78. The zero-order valence-corrected chi connectivity index (χ0v) is 7.29. The topological polar surface area (TPSA) is 24.7 Å². The number of allylic oxidation sites excluding steroid dienone is 1.